The van der Waals surface area contributed by atoms with E-state index in [9.17, 15) is 0 Å². The van der Waals surface area contributed by atoms with Crippen LogP contribution in [0.3, 0.4) is 0 Å². The lowest BCUT2D eigenvalue weighted by Crippen LogP contribution is -2.27. The molecule has 1 rings (SSSR count). The maximum Gasteiger partial charge on any atom is 0.126 e. The molecule has 0 atom stereocenters. The fraction of sp³-hybridized carbons (Fsp3) is 0.615. The van der Waals surface area contributed by atoms with E-state index in [0.717, 1.165) is 11.5 Å². The summed E-state index contributed by atoms with van der Waals surface area (Å²) in [5.41, 5.74) is 1.29. The zero-order valence-corrected chi connectivity index (χ0v) is 10.7. The Labute approximate surface area is 93.1 Å². The summed E-state index contributed by atoms with van der Waals surface area (Å²) in [4.78, 5) is 4.62. The highest BCUT2D eigenvalue weighted by molar-refractivity contribution is 5.38. The van der Waals surface area contributed by atoms with Crippen LogP contribution in [0.2, 0.25) is 0 Å². The molecule has 2 heteroatoms. The monoisotopic (exact) mass is 206 g/mol. The van der Waals surface area contributed by atoms with Crippen molar-refractivity contribution in [3.05, 3.63) is 23.9 Å². The number of anilines is 1. The second-order valence-electron chi connectivity index (χ2n) is 6.03. The van der Waals surface area contributed by atoms with E-state index in [1.54, 1.807) is 0 Å². The van der Waals surface area contributed by atoms with Gasteiger partial charge >= 0.3 is 0 Å². The van der Waals surface area contributed by atoms with Crippen LogP contribution in [0, 0.1) is 0 Å². The third-order valence-electron chi connectivity index (χ3n) is 2.02. The normalized spacial score (nSPS) is 12.7. The second-order valence-corrected chi connectivity index (χ2v) is 6.03. The predicted molar refractivity (Wildman–Crippen MR) is 66.3 cm³/mol. The van der Waals surface area contributed by atoms with Crippen molar-refractivity contribution < 1.29 is 0 Å². The molecule has 0 spiro atoms. The molecule has 1 aromatic heterocycles. The molecule has 2 nitrogen and oxygen atoms in total. The topological polar surface area (TPSA) is 24.9 Å². The number of hydrogen-bond acceptors (Lipinski definition) is 2. The first-order valence-electron chi connectivity index (χ1n) is 5.44. The molecular formula is C13H22N2. The first kappa shape index (κ1) is 12.0. The van der Waals surface area contributed by atoms with Crippen molar-refractivity contribution in [2.24, 2.45) is 0 Å². The van der Waals surface area contributed by atoms with Crippen LogP contribution in [-0.2, 0) is 5.41 Å². The van der Waals surface area contributed by atoms with Gasteiger partial charge in [-0.15, -0.1) is 0 Å². The number of hydrogen-bond donors (Lipinski definition) is 1. The summed E-state index contributed by atoms with van der Waals surface area (Å²) in [5.74, 6) is 0.954. The molecule has 1 heterocycles. The average Bonchev–Trinajstić information content (AvgIpc) is 1.99. The second kappa shape index (κ2) is 3.84. The van der Waals surface area contributed by atoms with Crippen LogP contribution in [0.4, 0.5) is 5.82 Å². The molecule has 0 unspecified atom stereocenters. The highest BCUT2D eigenvalue weighted by Gasteiger charge is 2.16. The molecule has 84 valence electrons. The summed E-state index contributed by atoms with van der Waals surface area (Å²) in [6.45, 7) is 12.9. The van der Waals surface area contributed by atoms with Gasteiger partial charge in [0.15, 0.2) is 0 Å². The Hall–Kier alpha value is -1.05. The van der Waals surface area contributed by atoms with Gasteiger partial charge in [0.1, 0.15) is 5.82 Å². The molecule has 0 saturated carbocycles. The molecule has 0 aliphatic rings. The van der Waals surface area contributed by atoms with Gasteiger partial charge in [-0.05, 0) is 32.9 Å². The van der Waals surface area contributed by atoms with E-state index in [1.165, 1.54) is 0 Å². The van der Waals surface area contributed by atoms with E-state index in [1.807, 2.05) is 6.07 Å². The summed E-state index contributed by atoms with van der Waals surface area (Å²) in [5, 5.41) is 3.38. The Morgan fingerprint density at radius 2 is 1.60 bits per heavy atom. The highest BCUT2D eigenvalue weighted by atomic mass is 15.0. The number of nitrogens with one attached hydrogen (secondary N) is 1. The van der Waals surface area contributed by atoms with E-state index in [2.05, 4.69) is 64.0 Å². The van der Waals surface area contributed by atoms with Crippen LogP contribution in [0.5, 0.6) is 0 Å². The van der Waals surface area contributed by atoms with Crippen molar-refractivity contribution in [3.8, 4) is 0 Å². The minimum absolute atomic E-state index is 0.0590. The quantitative estimate of drug-likeness (QED) is 0.759. The third-order valence-corrected chi connectivity index (χ3v) is 2.02. The standard InChI is InChI=1S/C13H22N2/c1-12(2,3)10-8-7-9-11(14-10)15-13(4,5)6/h7-9H,1-6H3,(H,14,15). The summed E-state index contributed by atoms with van der Waals surface area (Å²) < 4.78 is 0. The molecule has 0 amide bonds. The Bertz CT molecular complexity index is 329. The lowest BCUT2D eigenvalue weighted by atomic mass is 9.92. The van der Waals surface area contributed by atoms with Gasteiger partial charge in [-0.2, -0.15) is 0 Å². The van der Waals surface area contributed by atoms with Crippen molar-refractivity contribution in [1.82, 2.24) is 4.98 Å². The van der Waals surface area contributed by atoms with Gasteiger partial charge in [0.25, 0.3) is 0 Å². The maximum absolute atomic E-state index is 4.62. The van der Waals surface area contributed by atoms with E-state index >= 15 is 0 Å². The molecule has 0 bridgehead atoms. The lowest BCUT2D eigenvalue weighted by molar-refractivity contribution is 0.566. The minimum Gasteiger partial charge on any atom is -0.365 e. The average molecular weight is 206 g/mol. The molecule has 0 fully saturated rings. The molecule has 0 aliphatic heterocycles. The predicted octanol–water partition coefficient (Wildman–Crippen LogP) is 3.59. The van der Waals surface area contributed by atoms with Gasteiger partial charge in [0.05, 0.1) is 0 Å². The van der Waals surface area contributed by atoms with Crippen LogP contribution >= 0.6 is 0 Å². The Morgan fingerprint density at radius 3 is 2.07 bits per heavy atom. The zero-order valence-electron chi connectivity index (χ0n) is 10.7. The van der Waals surface area contributed by atoms with Crippen LogP contribution in [0.1, 0.15) is 47.2 Å². The van der Waals surface area contributed by atoms with Gasteiger partial charge < -0.3 is 5.32 Å². The highest BCUT2D eigenvalue weighted by Crippen LogP contribution is 2.22. The Kier molecular flexibility index (Phi) is 3.08. The Morgan fingerprint density at radius 1 is 1.00 bits per heavy atom. The van der Waals surface area contributed by atoms with Crippen molar-refractivity contribution in [2.45, 2.75) is 52.5 Å². The molecular weight excluding hydrogens is 184 g/mol. The first-order valence-corrected chi connectivity index (χ1v) is 5.44. The number of pyridine rings is 1. The SMILES string of the molecule is CC(C)(C)Nc1cccc(C(C)(C)C)n1. The lowest BCUT2D eigenvalue weighted by Gasteiger charge is -2.23. The first-order chi connectivity index (χ1) is 6.68. The van der Waals surface area contributed by atoms with Gasteiger partial charge in [-0.25, -0.2) is 4.98 Å². The minimum atomic E-state index is 0.0590. The summed E-state index contributed by atoms with van der Waals surface area (Å²) in [7, 11) is 0. The van der Waals surface area contributed by atoms with Crippen LogP contribution in [0.15, 0.2) is 18.2 Å². The van der Waals surface area contributed by atoms with Crippen LogP contribution < -0.4 is 5.32 Å². The largest absolute Gasteiger partial charge is 0.365 e. The van der Waals surface area contributed by atoms with Gasteiger partial charge in [0, 0.05) is 16.6 Å². The zero-order chi connectivity index (χ0) is 11.7. The molecule has 0 radical (unpaired) electrons. The Balaban J connectivity index is 2.94. The molecule has 1 N–H and O–H groups in total. The molecule has 0 aliphatic carbocycles. The number of nitrogens with zero attached hydrogens (tertiary/aromatic N) is 1. The molecule has 15 heavy (non-hydrogen) atoms. The van der Waals surface area contributed by atoms with E-state index in [-0.39, 0.29) is 11.0 Å². The molecule has 0 aromatic carbocycles. The van der Waals surface area contributed by atoms with Crippen LogP contribution in [0.25, 0.3) is 0 Å². The van der Waals surface area contributed by atoms with Crippen molar-refractivity contribution in [1.29, 1.82) is 0 Å². The van der Waals surface area contributed by atoms with Gasteiger partial charge in [0.2, 0.25) is 0 Å². The number of aromatic nitrogens is 1. The molecule has 1 aromatic rings. The third kappa shape index (κ3) is 3.90. The maximum atomic E-state index is 4.62. The smallest absolute Gasteiger partial charge is 0.126 e. The summed E-state index contributed by atoms with van der Waals surface area (Å²) in [6.07, 6.45) is 0. The summed E-state index contributed by atoms with van der Waals surface area (Å²) >= 11 is 0. The fourth-order valence-electron chi connectivity index (χ4n) is 1.31. The van der Waals surface area contributed by atoms with E-state index < -0.39 is 0 Å². The van der Waals surface area contributed by atoms with Crippen molar-refractivity contribution in [3.63, 3.8) is 0 Å². The van der Waals surface area contributed by atoms with Crippen molar-refractivity contribution in [2.75, 3.05) is 5.32 Å². The van der Waals surface area contributed by atoms with Crippen molar-refractivity contribution >= 4 is 5.82 Å². The molecule has 0 saturated heterocycles. The number of rotatable bonds is 1. The van der Waals surface area contributed by atoms with Gasteiger partial charge in [-0.1, -0.05) is 26.8 Å². The van der Waals surface area contributed by atoms with Gasteiger partial charge in [-0.3, -0.25) is 0 Å². The fourth-order valence-corrected chi connectivity index (χ4v) is 1.31. The van der Waals surface area contributed by atoms with E-state index in [4.69, 9.17) is 0 Å². The summed E-state index contributed by atoms with van der Waals surface area (Å²) in [6, 6.07) is 6.15. The van der Waals surface area contributed by atoms with E-state index in [0.29, 0.717) is 0 Å². The van der Waals surface area contributed by atoms with Crippen LogP contribution in [-0.4, -0.2) is 10.5 Å².